The number of sulfone groups is 1. The van der Waals surface area contributed by atoms with Crippen molar-refractivity contribution in [1.29, 1.82) is 0 Å². The third-order valence-electron chi connectivity index (χ3n) is 3.48. The lowest BCUT2D eigenvalue weighted by Gasteiger charge is -2.20. The zero-order chi connectivity index (χ0) is 17.3. The molecule has 0 fully saturated rings. The first-order valence-electron chi connectivity index (χ1n) is 7.06. The van der Waals surface area contributed by atoms with Crippen LogP contribution < -0.4 is 9.47 Å². The Kier molecular flexibility index (Phi) is 5.30. The normalized spacial score (nSPS) is 13.8. The van der Waals surface area contributed by atoms with E-state index < -0.39 is 9.84 Å². The fourth-order valence-electron chi connectivity index (χ4n) is 2.38. The van der Waals surface area contributed by atoms with Crippen molar-refractivity contribution in [2.45, 2.75) is 11.5 Å². The lowest BCUT2D eigenvalue weighted by molar-refractivity contribution is 0.171. The Bertz CT molecular complexity index is 884. The van der Waals surface area contributed by atoms with Crippen LogP contribution in [-0.4, -0.2) is 21.6 Å². The van der Waals surface area contributed by atoms with E-state index in [1.807, 2.05) is 0 Å². The molecular weight excluding hydrogens is 439 g/mol. The third-order valence-corrected chi connectivity index (χ3v) is 6.30. The quantitative estimate of drug-likeness (QED) is 0.679. The van der Waals surface area contributed by atoms with Crippen LogP contribution in [0.25, 0.3) is 0 Å². The van der Waals surface area contributed by atoms with E-state index >= 15 is 0 Å². The number of ether oxygens (including phenoxy) is 2. The molecule has 1 aliphatic rings. The Balaban J connectivity index is 1.84. The Labute approximate surface area is 158 Å². The molecule has 0 radical (unpaired) electrons. The van der Waals surface area contributed by atoms with E-state index in [9.17, 15) is 8.42 Å². The van der Waals surface area contributed by atoms with E-state index in [-0.39, 0.29) is 11.5 Å². The molecule has 2 aromatic rings. The minimum Gasteiger partial charge on any atom is -0.486 e. The summed E-state index contributed by atoms with van der Waals surface area (Å²) < 4.78 is 36.7. The molecule has 2 aromatic carbocycles. The van der Waals surface area contributed by atoms with E-state index in [0.29, 0.717) is 50.4 Å². The highest BCUT2D eigenvalue weighted by Crippen LogP contribution is 2.36. The molecule has 0 spiro atoms. The summed E-state index contributed by atoms with van der Waals surface area (Å²) >= 11 is 15.3. The van der Waals surface area contributed by atoms with Gasteiger partial charge in [-0.2, -0.15) is 0 Å². The van der Waals surface area contributed by atoms with E-state index in [2.05, 4.69) is 15.9 Å². The van der Waals surface area contributed by atoms with E-state index in [0.717, 1.165) is 0 Å². The highest BCUT2D eigenvalue weighted by Gasteiger charge is 2.20. The van der Waals surface area contributed by atoms with Gasteiger partial charge in [-0.25, -0.2) is 8.42 Å². The van der Waals surface area contributed by atoms with Gasteiger partial charge in [-0.05, 0) is 35.4 Å². The maximum Gasteiger partial charge on any atom is 0.162 e. The van der Waals surface area contributed by atoms with Gasteiger partial charge in [-0.3, -0.25) is 0 Å². The van der Waals surface area contributed by atoms with Crippen molar-refractivity contribution < 1.29 is 17.9 Å². The predicted molar refractivity (Wildman–Crippen MR) is 97.9 cm³/mol. The molecule has 0 bridgehead atoms. The van der Waals surface area contributed by atoms with Crippen molar-refractivity contribution in [3.63, 3.8) is 0 Å². The number of benzene rings is 2. The van der Waals surface area contributed by atoms with Crippen molar-refractivity contribution >= 4 is 49.0 Å². The number of hydrogen-bond donors (Lipinski definition) is 0. The summed E-state index contributed by atoms with van der Waals surface area (Å²) in [5.74, 6) is 0.863. The van der Waals surface area contributed by atoms with Crippen LogP contribution in [0.1, 0.15) is 11.1 Å². The summed E-state index contributed by atoms with van der Waals surface area (Å²) in [7, 11) is -3.43. The zero-order valence-electron chi connectivity index (χ0n) is 12.4. The summed E-state index contributed by atoms with van der Waals surface area (Å²) in [6.45, 7) is 0.924. The van der Waals surface area contributed by atoms with Crippen LogP contribution in [0.3, 0.4) is 0 Å². The maximum absolute atomic E-state index is 12.5. The first-order chi connectivity index (χ1) is 11.3. The molecule has 0 saturated heterocycles. The van der Waals surface area contributed by atoms with Crippen LogP contribution in [-0.2, 0) is 21.3 Å². The SMILES string of the molecule is O=S(=O)(Cc1ccc(Cl)cc1Cl)Cc1cc2c(cc1Br)OCCO2. The Morgan fingerprint density at radius 1 is 0.958 bits per heavy atom. The molecule has 128 valence electrons. The summed E-state index contributed by atoms with van der Waals surface area (Å²) in [5, 5.41) is 0.808. The lowest BCUT2D eigenvalue weighted by atomic mass is 10.2. The van der Waals surface area contributed by atoms with Crippen molar-refractivity contribution in [3.8, 4) is 11.5 Å². The second-order valence-electron chi connectivity index (χ2n) is 5.36. The summed E-state index contributed by atoms with van der Waals surface area (Å²) in [5.41, 5.74) is 1.14. The van der Waals surface area contributed by atoms with Gasteiger partial charge in [-0.15, -0.1) is 0 Å². The van der Waals surface area contributed by atoms with Crippen molar-refractivity contribution in [2.24, 2.45) is 0 Å². The molecule has 0 amide bonds. The van der Waals surface area contributed by atoms with E-state index in [4.69, 9.17) is 32.7 Å². The van der Waals surface area contributed by atoms with Crippen molar-refractivity contribution in [3.05, 3.63) is 56.0 Å². The van der Waals surface area contributed by atoms with Gasteiger partial charge in [0.1, 0.15) is 13.2 Å². The van der Waals surface area contributed by atoms with Crippen LogP contribution >= 0.6 is 39.1 Å². The number of hydrogen-bond acceptors (Lipinski definition) is 4. The van der Waals surface area contributed by atoms with Gasteiger partial charge >= 0.3 is 0 Å². The summed E-state index contributed by atoms with van der Waals surface area (Å²) in [6.07, 6.45) is 0. The second-order valence-corrected chi connectivity index (χ2v) is 9.12. The van der Waals surface area contributed by atoms with E-state index in [1.165, 1.54) is 6.07 Å². The van der Waals surface area contributed by atoms with Gasteiger partial charge in [0, 0.05) is 14.5 Å². The molecule has 0 atom stereocenters. The molecule has 1 heterocycles. The van der Waals surface area contributed by atoms with Crippen molar-refractivity contribution in [1.82, 2.24) is 0 Å². The Morgan fingerprint density at radius 3 is 2.25 bits per heavy atom. The van der Waals surface area contributed by atoms with Gasteiger partial charge in [0.25, 0.3) is 0 Å². The predicted octanol–water partition coefficient (Wildman–Crippen LogP) is 4.64. The highest BCUT2D eigenvalue weighted by molar-refractivity contribution is 9.10. The van der Waals surface area contributed by atoms with Crippen LogP contribution in [0.5, 0.6) is 11.5 Å². The molecule has 4 nitrogen and oxygen atoms in total. The Morgan fingerprint density at radius 2 is 1.58 bits per heavy atom. The summed E-state index contributed by atoms with van der Waals surface area (Å²) in [6, 6.07) is 8.21. The lowest BCUT2D eigenvalue weighted by Crippen LogP contribution is -2.16. The van der Waals surface area contributed by atoms with Crippen molar-refractivity contribution in [2.75, 3.05) is 13.2 Å². The molecule has 8 heteroatoms. The average molecular weight is 452 g/mol. The third kappa shape index (κ3) is 4.17. The minimum absolute atomic E-state index is 0.136. The van der Waals surface area contributed by atoms with Gasteiger partial charge in [0.15, 0.2) is 21.3 Å². The monoisotopic (exact) mass is 450 g/mol. The largest absolute Gasteiger partial charge is 0.486 e. The zero-order valence-corrected chi connectivity index (χ0v) is 16.3. The molecular formula is C16H13BrCl2O4S. The second kappa shape index (κ2) is 7.12. The molecule has 0 saturated carbocycles. The van der Waals surface area contributed by atoms with Crippen LogP contribution in [0.15, 0.2) is 34.8 Å². The maximum atomic E-state index is 12.5. The average Bonchev–Trinajstić information content (AvgIpc) is 2.50. The fraction of sp³-hybridized carbons (Fsp3) is 0.250. The number of fused-ring (bicyclic) bond motifs is 1. The summed E-state index contributed by atoms with van der Waals surface area (Å²) in [4.78, 5) is 0. The minimum atomic E-state index is -3.43. The molecule has 24 heavy (non-hydrogen) atoms. The van der Waals surface area contributed by atoms with E-state index in [1.54, 1.807) is 24.3 Å². The van der Waals surface area contributed by atoms with Crippen LogP contribution in [0.2, 0.25) is 10.0 Å². The molecule has 1 aliphatic heterocycles. The van der Waals surface area contributed by atoms with Gasteiger partial charge < -0.3 is 9.47 Å². The van der Waals surface area contributed by atoms with Crippen LogP contribution in [0.4, 0.5) is 0 Å². The topological polar surface area (TPSA) is 52.6 Å². The van der Waals surface area contributed by atoms with Crippen LogP contribution in [0, 0.1) is 0 Å². The highest BCUT2D eigenvalue weighted by atomic mass is 79.9. The Hall–Kier alpha value is -0.950. The van der Waals surface area contributed by atoms with Gasteiger partial charge in [-0.1, -0.05) is 45.2 Å². The molecule has 0 unspecified atom stereocenters. The molecule has 0 aliphatic carbocycles. The van der Waals surface area contributed by atoms with Gasteiger partial charge in [0.05, 0.1) is 11.5 Å². The standard InChI is InChI=1S/C16H13BrCl2O4S/c17-13-7-16-15(22-3-4-23-16)5-11(13)9-24(20,21)8-10-1-2-12(18)6-14(10)19/h1-2,5-7H,3-4,8-9H2. The first-order valence-corrected chi connectivity index (χ1v) is 10.4. The fourth-order valence-corrected chi connectivity index (χ4v) is 5.12. The molecule has 0 N–H and O–H groups in total. The molecule has 0 aromatic heterocycles. The molecule has 3 rings (SSSR count). The number of rotatable bonds is 4. The number of halogens is 3. The smallest absolute Gasteiger partial charge is 0.162 e. The first kappa shape index (κ1) is 17.9. The van der Waals surface area contributed by atoms with Gasteiger partial charge in [0.2, 0.25) is 0 Å².